The first-order chi connectivity index (χ1) is 47.3. The van der Waals surface area contributed by atoms with E-state index < -0.39 is 124 Å². The van der Waals surface area contributed by atoms with Crippen LogP contribution in [0.1, 0.15) is 309 Å². The number of aliphatic hydroxyl groups excluding tert-OH is 11. The van der Waals surface area contributed by atoms with Crippen molar-refractivity contribution in [2.24, 2.45) is 0 Å². The average Bonchev–Trinajstić information content (AvgIpc) is 0.826. The number of nitrogens with one attached hydrogen (secondary N) is 1. The molecule has 1 amide bonds. The van der Waals surface area contributed by atoms with Crippen molar-refractivity contribution in [3.63, 3.8) is 0 Å². The molecule has 3 saturated heterocycles. The summed E-state index contributed by atoms with van der Waals surface area (Å²) in [4.78, 5) is 13.5. The molecular formula is C78H143NO18. The zero-order valence-corrected chi connectivity index (χ0v) is 60.6. The Morgan fingerprint density at radius 3 is 1.09 bits per heavy atom. The van der Waals surface area contributed by atoms with E-state index >= 15 is 0 Å². The lowest BCUT2D eigenvalue weighted by atomic mass is 9.96. The number of amides is 1. The predicted molar refractivity (Wildman–Crippen MR) is 383 cm³/mol. The minimum atomic E-state index is -1.98. The van der Waals surface area contributed by atoms with Crippen molar-refractivity contribution < 1.29 is 89.4 Å². The van der Waals surface area contributed by atoms with Gasteiger partial charge in [-0.1, -0.05) is 287 Å². The monoisotopic (exact) mass is 1380 g/mol. The molecule has 3 fully saturated rings. The van der Waals surface area contributed by atoms with Crippen LogP contribution >= 0.6 is 0 Å². The highest BCUT2D eigenvalue weighted by atomic mass is 16.8. The fraction of sp³-hybridized carbons (Fsp3) is 0.885. The molecule has 0 bridgehead atoms. The summed E-state index contributed by atoms with van der Waals surface area (Å²) in [6.45, 7) is 1.74. The van der Waals surface area contributed by atoms with E-state index in [4.69, 9.17) is 28.4 Å². The van der Waals surface area contributed by atoms with Crippen LogP contribution in [0.4, 0.5) is 0 Å². The Balaban J connectivity index is 1.40. The fourth-order valence-electron chi connectivity index (χ4n) is 13.2. The van der Waals surface area contributed by atoms with E-state index in [2.05, 4.69) is 55.6 Å². The van der Waals surface area contributed by atoms with Crippen molar-refractivity contribution in [3.05, 3.63) is 48.6 Å². The third kappa shape index (κ3) is 39.8. The highest BCUT2D eigenvalue weighted by Gasteiger charge is 2.53. The lowest BCUT2D eigenvalue weighted by Gasteiger charge is -2.48. The van der Waals surface area contributed by atoms with Crippen LogP contribution in [0, 0.1) is 0 Å². The van der Waals surface area contributed by atoms with Crippen molar-refractivity contribution in [1.29, 1.82) is 0 Å². The summed E-state index contributed by atoms with van der Waals surface area (Å²) in [6, 6.07) is -0.994. The summed E-state index contributed by atoms with van der Waals surface area (Å²) < 4.78 is 34.4. The van der Waals surface area contributed by atoms with Gasteiger partial charge in [0.2, 0.25) is 5.91 Å². The summed E-state index contributed by atoms with van der Waals surface area (Å²) in [5.74, 6) is -0.285. The lowest BCUT2D eigenvalue weighted by Crippen LogP contribution is -2.66. The lowest BCUT2D eigenvalue weighted by molar-refractivity contribution is -0.379. The second kappa shape index (κ2) is 59.2. The molecule has 3 heterocycles. The molecule has 0 radical (unpaired) electrons. The first-order valence-electron chi connectivity index (χ1n) is 39.4. The van der Waals surface area contributed by atoms with Crippen molar-refractivity contribution >= 4 is 5.91 Å². The molecule has 12 N–H and O–H groups in total. The third-order valence-electron chi connectivity index (χ3n) is 19.6. The van der Waals surface area contributed by atoms with Gasteiger partial charge in [-0.15, -0.1) is 0 Å². The van der Waals surface area contributed by atoms with Gasteiger partial charge >= 0.3 is 0 Å². The summed E-state index contributed by atoms with van der Waals surface area (Å²) in [5, 5.41) is 121. The predicted octanol–water partition coefficient (Wildman–Crippen LogP) is 12.5. The molecular weight excluding hydrogens is 1240 g/mol. The molecule has 0 aromatic carbocycles. The largest absolute Gasteiger partial charge is 0.394 e. The molecule has 3 aliphatic rings. The zero-order valence-electron chi connectivity index (χ0n) is 60.6. The smallest absolute Gasteiger partial charge is 0.220 e. The van der Waals surface area contributed by atoms with Gasteiger partial charge in [0.05, 0.1) is 38.6 Å². The molecule has 19 nitrogen and oxygen atoms in total. The van der Waals surface area contributed by atoms with Crippen LogP contribution < -0.4 is 5.32 Å². The van der Waals surface area contributed by atoms with Gasteiger partial charge in [0, 0.05) is 6.42 Å². The molecule has 3 rings (SSSR count). The SMILES string of the molecule is CCCCCCC/C=C\C/C=C\CCCCCCCCCCCCCC(=O)NC(COC1OC(CO)C(OC2OC(CO)C(OC3OC(CO)C(O)C(O)C3O)C(O)C2O)C(O)C1O)C(O)/C=C/CC/C=C/CCCCCCCCCCCCCCCCCCCCCCCCC. The molecule has 17 atom stereocenters. The van der Waals surface area contributed by atoms with E-state index in [0.29, 0.717) is 12.8 Å². The van der Waals surface area contributed by atoms with Crippen LogP contribution in [0.2, 0.25) is 0 Å². The standard InChI is InChI=1S/C78H143NO18/c1-3-5-7-9-11-13-15-17-19-21-23-25-27-28-29-30-31-32-34-35-37-39-41-43-45-47-49-51-53-55-62(83)61(79-66(84)56-54-52-50-48-46-44-42-40-38-36-33-26-24-22-20-18-16-14-12-10-8-6-4-2)60-92-76-72(90)69(87)74(64(58-81)94-76)97-78-73(91)70(88)75(65(59-82)95-78)96-77-71(89)68(86)67(85)63(57-80)93-77/h16,18,22,24,45,47,53,55,61-65,67-78,80-83,85-91H,3-15,17,19-21,23,25-44,46,48-52,54,56-60H2,1-2H3,(H,79,84)/b18-16-,24-22-,47-45+,55-53+. The molecule has 0 aromatic rings. The number of rotatable bonds is 62. The fourth-order valence-corrected chi connectivity index (χ4v) is 13.2. The second-order valence-corrected chi connectivity index (χ2v) is 28.2. The third-order valence-corrected chi connectivity index (χ3v) is 19.6. The Kier molecular flexibility index (Phi) is 54.3. The van der Waals surface area contributed by atoms with Gasteiger partial charge in [-0.25, -0.2) is 0 Å². The molecule has 3 aliphatic heterocycles. The number of hydrogen-bond donors (Lipinski definition) is 12. The van der Waals surface area contributed by atoms with Gasteiger partial charge < -0.3 is 89.9 Å². The van der Waals surface area contributed by atoms with Crippen LogP contribution in [0.15, 0.2) is 48.6 Å². The molecule has 0 saturated carbocycles. The Bertz CT molecular complexity index is 1940. The second-order valence-electron chi connectivity index (χ2n) is 28.2. The van der Waals surface area contributed by atoms with Crippen molar-refractivity contribution in [2.45, 2.75) is 413 Å². The minimum Gasteiger partial charge on any atom is -0.394 e. The van der Waals surface area contributed by atoms with Gasteiger partial charge in [-0.2, -0.15) is 0 Å². The van der Waals surface area contributed by atoms with Gasteiger partial charge in [0.25, 0.3) is 0 Å². The van der Waals surface area contributed by atoms with Gasteiger partial charge in [0.1, 0.15) is 73.2 Å². The highest BCUT2D eigenvalue weighted by Crippen LogP contribution is 2.33. The molecule has 17 unspecified atom stereocenters. The van der Waals surface area contributed by atoms with E-state index in [1.807, 2.05) is 6.08 Å². The maximum Gasteiger partial charge on any atom is 0.220 e. The van der Waals surface area contributed by atoms with Crippen molar-refractivity contribution in [1.82, 2.24) is 5.32 Å². The maximum atomic E-state index is 13.5. The van der Waals surface area contributed by atoms with E-state index in [1.165, 1.54) is 225 Å². The molecule has 19 heteroatoms. The topological polar surface area (TPSA) is 307 Å². The maximum absolute atomic E-state index is 13.5. The zero-order chi connectivity index (χ0) is 70.4. The number of unbranched alkanes of at least 4 members (excludes halogenated alkanes) is 40. The number of aliphatic hydroxyl groups is 11. The van der Waals surface area contributed by atoms with Crippen LogP contribution in [0.5, 0.6) is 0 Å². The molecule has 0 aromatic heterocycles. The van der Waals surface area contributed by atoms with E-state index in [9.17, 15) is 61.0 Å². The number of carbonyl (C=O) groups is 1. The van der Waals surface area contributed by atoms with Gasteiger partial charge in [-0.3, -0.25) is 4.79 Å². The average molecular weight is 1380 g/mol. The Morgan fingerprint density at radius 2 is 0.691 bits per heavy atom. The van der Waals surface area contributed by atoms with E-state index in [0.717, 1.165) is 51.4 Å². The highest BCUT2D eigenvalue weighted by molar-refractivity contribution is 5.76. The van der Waals surface area contributed by atoms with Crippen LogP contribution in [-0.2, 0) is 33.2 Å². The van der Waals surface area contributed by atoms with Crippen molar-refractivity contribution in [3.8, 4) is 0 Å². The van der Waals surface area contributed by atoms with Gasteiger partial charge in [-0.05, 0) is 64.2 Å². The van der Waals surface area contributed by atoms with Crippen LogP contribution in [-0.4, -0.2) is 193 Å². The number of allylic oxidation sites excluding steroid dienone is 7. The van der Waals surface area contributed by atoms with Crippen LogP contribution in [0.3, 0.4) is 0 Å². The first kappa shape index (κ1) is 89.0. The minimum absolute atomic E-state index is 0.233. The summed E-state index contributed by atoms with van der Waals surface area (Å²) in [5.41, 5.74) is 0. The normalized spacial score (nSPS) is 27.1. The van der Waals surface area contributed by atoms with E-state index in [-0.39, 0.29) is 18.9 Å². The number of ether oxygens (including phenoxy) is 6. The van der Waals surface area contributed by atoms with E-state index in [1.54, 1.807) is 6.08 Å². The number of carbonyl (C=O) groups excluding carboxylic acids is 1. The number of hydrogen-bond acceptors (Lipinski definition) is 18. The first-order valence-corrected chi connectivity index (χ1v) is 39.4. The quantitative estimate of drug-likeness (QED) is 0.0199. The Morgan fingerprint density at radius 1 is 0.371 bits per heavy atom. The summed E-state index contributed by atoms with van der Waals surface area (Å²) in [7, 11) is 0. The molecule has 97 heavy (non-hydrogen) atoms. The molecule has 0 aliphatic carbocycles. The summed E-state index contributed by atoms with van der Waals surface area (Å²) in [6.07, 6.45) is 46.7. The molecule has 0 spiro atoms. The van der Waals surface area contributed by atoms with Crippen LogP contribution in [0.25, 0.3) is 0 Å². The Hall–Kier alpha value is -2.25. The van der Waals surface area contributed by atoms with Gasteiger partial charge in [0.15, 0.2) is 18.9 Å². The molecule has 568 valence electrons. The summed E-state index contributed by atoms with van der Waals surface area (Å²) >= 11 is 0. The Labute approximate surface area is 586 Å². The van der Waals surface area contributed by atoms with Crippen molar-refractivity contribution in [2.75, 3.05) is 26.4 Å².